The molecule has 2 unspecified atom stereocenters. The van der Waals surface area contributed by atoms with Crippen LogP contribution < -0.4 is 10.1 Å². The van der Waals surface area contributed by atoms with Crippen molar-refractivity contribution in [2.45, 2.75) is 32.7 Å². The Morgan fingerprint density at radius 2 is 2.06 bits per heavy atom. The molecule has 1 N–H and O–H groups in total. The molecule has 0 aliphatic heterocycles. The van der Waals surface area contributed by atoms with Crippen LogP contribution in [-0.2, 0) is 0 Å². The first-order valence-corrected chi connectivity index (χ1v) is 6.49. The lowest BCUT2D eigenvalue weighted by atomic mass is 9.90. The van der Waals surface area contributed by atoms with Crippen molar-refractivity contribution in [3.05, 3.63) is 29.3 Å². The topological polar surface area (TPSA) is 21.3 Å². The van der Waals surface area contributed by atoms with Gasteiger partial charge in [-0.3, -0.25) is 0 Å². The van der Waals surface area contributed by atoms with Crippen LogP contribution in [0.15, 0.2) is 18.2 Å². The summed E-state index contributed by atoms with van der Waals surface area (Å²) < 4.78 is 5.31. The van der Waals surface area contributed by atoms with Crippen molar-refractivity contribution in [2.24, 2.45) is 11.8 Å². The van der Waals surface area contributed by atoms with Crippen LogP contribution in [0.3, 0.4) is 0 Å². The van der Waals surface area contributed by atoms with Gasteiger partial charge < -0.3 is 10.1 Å². The Morgan fingerprint density at radius 3 is 2.53 bits per heavy atom. The molecule has 1 saturated carbocycles. The van der Waals surface area contributed by atoms with Crippen molar-refractivity contribution >= 4 is 0 Å². The van der Waals surface area contributed by atoms with Crippen LogP contribution in [-0.4, -0.2) is 14.2 Å². The third-order valence-corrected chi connectivity index (χ3v) is 3.98. The van der Waals surface area contributed by atoms with Gasteiger partial charge in [-0.1, -0.05) is 19.1 Å². The number of nitrogens with one attached hydrogen (secondary N) is 1. The van der Waals surface area contributed by atoms with Crippen LogP contribution in [0, 0.1) is 18.8 Å². The van der Waals surface area contributed by atoms with Crippen molar-refractivity contribution in [3.63, 3.8) is 0 Å². The van der Waals surface area contributed by atoms with Gasteiger partial charge in [-0.25, -0.2) is 0 Å². The highest BCUT2D eigenvalue weighted by atomic mass is 16.5. The number of rotatable bonds is 5. The van der Waals surface area contributed by atoms with Gasteiger partial charge in [-0.2, -0.15) is 0 Å². The molecule has 0 radical (unpaired) electrons. The Labute approximate surface area is 104 Å². The van der Waals surface area contributed by atoms with E-state index >= 15 is 0 Å². The predicted octanol–water partition coefficient (Wildman–Crippen LogP) is 3.31. The highest BCUT2D eigenvalue weighted by Gasteiger charge is 2.33. The molecule has 0 saturated heterocycles. The predicted molar refractivity (Wildman–Crippen MR) is 71.4 cm³/mol. The van der Waals surface area contributed by atoms with Crippen LogP contribution >= 0.6 is 0 Å². The molecular formula is C15H23NO. The van der Waals surface area contributed by atoms with E-state index in [4.69, 9.17) is 4.74 Å². The molecule has 2 nitrogen and oxygen atoms in total. The lowest BCUT2D eigenvalue weighted by Gasteiger charge is -2.24. The van der Waals surface area contributed by atoms with Gasteiger partial charge in [-0.15, -0.1) is 0 Å². The molecule has 94 valence electrons. The Morgan fingerprint density at radius 1 is 1.35 bits per heavy atom. The monoisotopic (exact) mass is 233 g/mol. The van der Waals surface area contributed by atoms with E-state index < -0.39 is 0 Å². The fraction of sp³-hybridized carbons (Fsp3) is 0.600. The molecule has 1 aromatic rings. The largest absolute Gasteiger partial charge is 0.496 e. The molecule has 0 aromatic heterocycles. The highest BCUT2D eigenvalue weighted by Crippen LogP contribution is 2.42. The minimum atomic E-state index is 0.465. The van der Waals surface area contributed by atoms with Crippen LogP contribution in [0.2, 0.25) is 0 Å². The molecule has 1 aromatic carbocycles. The summed E-state index contributed by atoms with van der Waals surface area (Å²) in [7, 11) is 3.79. The fourth-order valence-corrected chi connectivity index (χ4v) is 2.72. The summed E-state index contributed by atoms with van der Waals surface area (Å²) in [5.74, 6) is 2.60. The van der Waals surface area contributed by atoms with Crippen LogP contribution in [0.5, 0.6) is 5.75 Å². The molecule has 1 fully saturated rings. The first-order valence-electron chi connectivity index (χ1n) is 6.49. The van der Waals surface area contributed by atoms with Crippen molar-refractivity contribution < 1.29 is 4.74 Å². The molecule has 0 spiro atoms. The van der Waals surface area contributed by atoms with Gasteiger partial charge in [0.1, 0.15) is 5.75 Å². The molecule has 0 amide bonds. The Balaban J connectivity index is 2.21. The zero-order chi connectivity index (χ0) is 12.4. The van der Waals surface area contributed by atoms with Gasteiger partial charge in [-0.05, 0) is 55.8 Å². The molecule has 1 aliphatic carbocycles. The summed E-state index contributed by atoms with van der Waals surface area (Å²) in [5, 5.41) is 3.46. The van der Waals surface area contributed by atoms with Gasteiger partial charge in [0.15, 0.2) is 0 Å². The second kappa shape index (κ2) is 5.09. The average molecular weight is 233 g/mol. The van der Waals surface area contributed by atoms with Crippen LogP contribution in [0.1, 0.15) is 36.9 Å². The Bertz CT molecular complexity index is 385. The van der Waals surface area contributed by atoms with Gasteiger partial charge in [0, 0.05) is 6.04 Å². The molecule has 1 aliphatic rings. The van der Waals surface area contributed by atoms with Crippen LogP contribution in [0.25, 0.3) is 0 Å². The second-order valence-corrected chi connectivity index (χ2v) is 5.19. The Hall–Kier alpha value is -1.02. The SMILES string of the molecule is CNC(c1ccc(OC)c(C)c1)C(C)C1CC1. The van der Waals surface area contributed by atoms with Crippen molar-refractivity contribution in [1.82, 2.24) is 5.32 Å². The number of ether oxygens (including phenoxy) is 1. The summed E-state index contributed by atoms with van der Waals surface area (Å²) in [6.07, 6.45) is 2.79. The van der Waals surface area contributed by atoms with Crippen molar-refractivity contribution in [3.8, 4) is 5.75 Å². The van der Waals surface area contributed by atoms with E-state index in [1.807, 2.05) is 0 Å². The lowest BCUT2D eigenvalue weighted by molar-refractivity contribution is 0.367. The van der Waals surface area contributed by atoms with E-state index in [0.29, 0.717) is 12.0 Å². The maximum Gasteiger partial charge on any atom is 0.121 e. The lowest BCUT2D eigenvalue weighted by Crippen LogP contribution is -2.24. The van der Waals surface area contributed by atoms with Gasteiger partial charge in [0.05, 0.1) is 7.11 Å². The fourth-order valence-electron chi connectivity index (χ4n) is 2.72. The molecular weight excluding hydrogens is 210 g/mol. The maximum atomic E-state index is 5.31. The molecule has 0 bridgehead atoms. The Kier molecular flexibility index (Phi) is 3.72. The van der Waals surface area contributed by atoms with E-state index in [-0.39, 0.29) is 0 Å². The van der Waals surface area contributed by atoms with Crippen molar-refractivity contribution in [2.75, 3.05) is 14.2 Å². The summed E-state index contributed by atoms with van der Waals surface area (Å²) >= 11 is 0. The second-order valence-electron chi connectivity index (χ2n) is 5.19. The third-order valence-electron chi connectivity index (χ3n) is 3.98. The molecule has 2 rings (SSSR count). The normalized spacial score (nSPS) is 18.8. The minimum absolute atomic E-state index is 0.465. The maximum absolute atomic E-state index is 5.31. The number of methoxy groups -OCH3 is 1. The van der Waals surface area contributed by atoms with Gasteiger partial charge in [0.25, 0.3) is 0 Å². The van der Waals surface area contributed by atoms with E-state index in [2.05, 4.69) is 44.4 Å². The standard InChI is InChI=1S/C15H23NO/c1-10-9-13(7-8-14(10)17-4)15(16-3)11(2)12-5-6-12/h7-9,11-12,15-16H,5-6H2,1-4H3. The van der Waals surface area contributed by atoms with E-state index in [9.17, 15) is 0 Å². The van der Waals surface area contributed by atoms with Gasteiger partial charge in [0.2, 0.25) is 0 Å². The zero-order valence-corrected chi connectivity index (χ0v) is 11.3. The quantitative estimate of drug-likeness (QED) is 0.842. The molecule has 0 heterocycles. The summed E-state index contributed by atoms with van der Waals surface area (Å²) in [4.78, 5) is 0. The molecule has 17 heavy (non-hydrogen) atoms. The minimum Gasteiger partial charge on any atom is -0.496 e. The first-order chi connectivity index (χ1) is 8.17. The van der Waals surface area contributed by atoms with E-state index in [0.717, 1.165) is 11.7 Å². The van der Waals surface area contributed by atoms with Crippen molar-refractivity contribution in [1.29, 1.82) is 0 Å². The zero-order valence-electron chi connectivity index (χ0n) is 11.3. The molecule has 2 heteroatoms. The van der Waals surface area contributed by atoms with Gasteiger partial charge >= 0.3 is 0 Å². The average Bonchev–Trinajstić information content (AvgIpc) is 3.14. The summed E-state index contributed by atoms with van der Waals surface area (Å²) in [6.45, 7) is 4.47. The number of aryl methyl sites for hydroxylation is 1. The highest BCUT2D eigenvalue weighted by molar-refractivity contribution is 5.37. The smallest absolute Gasteiger partial charge is 0.121 e. The van der Waals surface area contributed by atoms with E-state index in [1.165, 1.54) is 24.0 Å². The molecule has 2 atom stereocenters. The summed E-state index contributed by atoms with van der Waals surface area (Å²) in [5.41, 5.74) is 2.60. The third kappa shape index (κ3) is 2.63. The number of benzene rings is 1. The summed E-state index contributed by atoms with van der Waals surface area (Å²) in [6, 6.07) is 6.98. The number of hydrogen-bond acceptors (Lipinski definition) is 2. The van der Waals surface area contributed by atoms with Crippen LogP contribution in [0.4, 0.5) is 0 Å². The first kappa shape index (κ1) is 12.4. The number of hydrogen-bond donors (Lipinski definition) is 1. The van der Waals surface area contributed by atoms with E-state index in [1.54, 1.807) is 7.11 Å².